The molecule has 5 aliphatic carbocycles. The number of fused-ring (bicyclic) bond motifs is 7. The molecule has 7 rings (SSSR count). The molecule has 23 atom stereocenters. The van der Waals surface area contributed by atoms with Crippen molar-refractivity contribution >= 4 is 29.8 Å². The maximum Gasteiger partial charge on any atom is 0.337 e. The second kappa shape index (κ2) is 21.8. The molecule has 0 aromatic rings. The molecule has 0 unspecified atom stereocenters. The third-order valence-electron chi connectivity index (χ3n) is 20.2. The summed E-state index contributed by atoms with van der Waals surface area (Å²) >= 11 is 0. The summed E-state index contributed by atoms with van der Waals surface area (Å²) in [7, 11) is 2.32. The lowest BCUT2D eigenvalue weighted by atomic mass is 9.32. The van der Waals surface area contributed by atoms with Crippen molar-refractivity contribution < 1.29 is 102 Å². The van der Waals surface area contributed by atoms with Gasteiger partial charge in [-0.25, -0.2) is 9.59 Å². The standard InChI is InChI=1S/C55H84O21/c1-14-25(3)44(64)75-42-43(76-45(65)26(4)15-2)55(24-56)29(22-50(42,6)7)28-16-17-31-51(8)20-19-33(53(10,49(67)69-13)32(51)18-21-52(31,9)54(28,11)40(63)41(55)71-27(5)57)72-48-37(62)38(36(61)39(74-48)46(66)68-12)73-47-35(60)34(59)30(58)23-70-47/h14,16,26,29-43,47-48,56,58-63H,15,17-24H2,1-13H3/b25-14-/t26-,29+,30+,31-,32-,33+,34+,35-,36+,37-,38+,39+,40+,41-,42+,43+,47+,48-,51-,52-,53+,54+,55+/m1/s1. The van der Waals surface area contributed by atoms with Crippen LogP contribution in [0.25, 0.3) is 0 Å². The van der Waals surface area contributed by atoms with Crippen molar-refractivity contribution in [3.63, 3.8) is 0 Å². The maximum atomic E-state index is 14.6. The molecule has 6 fully saturated rings. The van der Waals surface area contributed by atoms with Gasteiger partial charge < -0.3 is 78.4 Å². The van der Waals surface area contributed by atoms with Gasteiger partial charge in [0.05, 0.1) is 50.3 Å². The van der Waals surface area contributed by atoms with Gasteiger partial charge in [0.2, 0.25) is 0 Å². The first-order valence-corrected chi connectivity index (χ1v) is 26.8. The van der Waals surface area contributed by atoms with Crippen molar-refractivity contribution in [3.8, 4) is 0 Å². The van der Waals surface area contributed by atoms with E-state index in [-0.39, 0.29) is 18.8 Å². The number of aliphatic hydroxyl groups excluding tert-OH is 7. The van der Waals surface area contributed by atoms with Gasteiger partial charge in [-0.3, -0.25) is 14.4 Å². The van der Waals surface area contributed by atoms with Crippen LogP contribution in [-0.4, -0.2) is 179 Å². The molecule has 76 heavy (non-hydrogen) atoms. The fraction of sp³-hybridized carbons (Fsp3) is 0.836. The monoisotopic (exact) mass is 1080 g/mol. The average molecular weight is 1080 g/mol. The minimum absolute atomic E-state index is 0.162. The van der Waals surface area contributed by atoms with E-state index in [0.29, 0.717) is 37.7 Å². The minimum Gasteiger partial charge on any atom is -0.469 e. The average Bonchev–Trinajstić information content (AvgIpc) is 3.38. The Labute approximate surface area is 444 Å². The second-order valence-electron chi connectivity index (χ2n) is 24.3. The van der Waals surface area contributed by atoms with Crippen LogP contribution >= 0.6 is 0 Å². The van der Waals surface area contributed by atoms with Gasteiger partial charge >= 0.3 is 29.8 Å². The number of aliphatic hydroxyl groups is 7. The van der Waals surface area contributed by atoms with Crippen molar-refractivity contribution in [3.05, 3.63) is 23.3 Å². The highest BCUT2D eigenvalue weighted by molar-refractivity contribution is 5.88. The molecular formula is C55H84O21. The number of ether oxygens (including phenoxy) is 9. The summed E-state index contributed by atoms with van der Waals surface area (Å²) in [6.07, 6.45) is -16.3. The first-order chi connectivity index (χ1) is 35.5. The molecule has 0 aromatic heterocycles. The molecule has 4 saturated carbocycles. The number of carbonyl (C=O) groups is 5. The highest BCUT2D eigenvalue weighted by Gasteiger charge is 2.78. The quantitative estimate of drug-likeness (QED) is 0.0458. The molecule has 21 heteroatoms. The predicted octanol–water partition coefficient (Wildman–Crippen LogP) is 2.33. The van der Waals surface area contributed by atoms with E-state index in [2.05, 4.69) is 19.9 Å². The summed E-state index contributed by atoms with van der Waals surface area (Å²) in [5.41, 5.74) is -5.77. The lowest BCUT2D eigenvalue weighted by Crippen LogP contribution is -2.77. The number of hydrogen-bond donors (Lipinski definition) is 7. The van der Waals surface area contributed by atoms with E-state index in [0.717, 1.165) is 12.7 Å². The Balaban J connectivity index is 1.29. The fourth-order valence-corrected chi connectivity index (χ4v) is 15.4. The van der Waals surface area contributed by atoms with Crippen molar-refractivity contribution in [2.45, 2.75) is 207 Å². The zero-order valence-electron chi connectivity index (χ0n) is 46.3. The van der Waals surface area contributed by atoms with Crippen LogP contribution in [0.5, 0.6) is 0 Å². The Bertz CT molecular complexity index is 2270. The van der Waals surface area contributed by atoms with Gasteiger partial charge in [-0.2, -0.15) is 0 Å². The topological polar surface area (TPSA) is 310 Å². The van der Waals surface area contributed by atoms with Gasteiger partial charge in [0, 0.05) is 23.3 Å². The van der Waals surface area contributed by atoms with Gasteiger partial charge in [0.1, 0.15) is 54.9 Å². The Morgan fingerprint density at radius 3 is 2.07 bits per heavy atom. The van der Waals surface area contributed by atoms with E-state index in [4.69, 9.17) is 42.6 Å². The zero-order valence-corrected chi connectivity index (χ0v) is 46.3. The predicted molar refractivity (Wildman–Crippen MR) is 264 cm³/mol. The largest absolute Gasteiger partial charge is 0.469 e. The number of carbonyl (C=O) groups excluding carboxylic acids is 5. The Morgan fingerprint density at radius 2 is 1.47 bits per heavy atom. The SMILES string of the molecule is C/C=C(/C)C(=O)O[C@H]1[C@H](OC(=O)[C@H](C)CC)[C@]2(CO)[C@H](OC(C)=O)[C@H](O)[C@]3(C)C(=CC[C@@H]4[C@@]5(C)CC[C@H](O[C@@H]6O[C@H](C(=O)OC)[C@@H](O)[C@H](O[C@@H]7OC[C@H](O)[C@H](O)[C@H]7O)[C@H]6O)[C@@](C)(C(=O)OC)[C@@H]5CC[C@]43C)[C@@H]2CC1(C)C. The molecule has 2 aliphatic heterocycles. The van der Waals surface area contributed by atoms with E-state index in [1.165, 1.54) is 14.0 Å². The van der Waals surface area contributed by atoms with Crippen LogP contribution in [0.4, 0.5) is 0 Å². The smallest absolute Gasteiger partial charge is 0.337 e. The van der Waals surface area contributed by atoms with Crippen LogP contribution in [0.3, 0.4) is 0 Å². The van der Waals surface area contributed by atoms with Crippen LogP contribution in [0.15, 0.2) is 23.3 Å². The molecule has 0 radical (unpaired) electrons. The molecule has 7 aliphatic rings. The van der Waals surface area contributed by atoms with Gasteiger partial charge in [-0.15, -0.1) is 0 Å². The number of allylic oxidation sites excluding steroid dienone is 2. The van der Waals surface area contributed by atoms with Crippen LogP contribution < -0.4 is 0 Å². The Morgan fingerprint density at radius 1 is 0.803 bits per heavy atom. The highest BCUT2D eigenvalue weighted by atomic mass is 16.7. The van der Waals surface area contributed by atoms with Crippen molar-refractivity contribution in [2.24, 2.45) is 56.2 Å². The van der Waals surface area contributed by atoms with Crippen molar-refractivity contribution in [2.75, 3.05) is 27.4 Å². The maximum absolute atomic E-state index is 14.6. The molecule has 7 N–H and O–H groups in total. The van der Waals surface area contributed by atoms with Crippen molar-refractivity contribution in [1.82, 2.24) is 0 Å². The molecular weight excluding hydrogens is 997 g/mol. The summed E-state index contributed by atoms with van der Waals surface area (Å²) in [6, 6.07) is 0. The Kier molecular flexibility index (Phi) is 17.2. The number of esters is 5. The van der Waals surface area contributed by atoms with Gasteiger partial charge in [-0.05, 0) is 94.3 Å². The summed E-state index contributed by atoms with van der Waals surface area (Å²) in [5, 5.41) is 79.8. The number of methoxy groups -OCH3 is 2. The lowest BCUT2D eigenvalue weighted by Gasteiger charge is -2.73. The number of rotatable bonds is 13. The molecule has 0 aromatic carbocycles. The van der Waals surface area contributed by atoms with E-state index < -0.39 is 179 Å². The second-order valence-corrected chi connectivity index (χ2v) is 24.3. The third kappa shape index (κ3) is 9.25. The van der Waals surface area contributed by atoms with E-state index >= 15 is 0 Å². The summed E-state index contributed by atoms with van der Waals surface area (Å²) in [4.78, 5) is 69.0. The van der Waals surface area contributed by atoms with E-state index in [9.17, 15) is 59.7 Å². The molecule has 21 nitrogen and oxygen atoms in total. The lowest BCUT2D eigenvalue weighted by molar-refractivity contribution is -0.357. The molecule has 0 amide bonds. The molecule has 2 saturated heterocycles. The van der Waals surface area contributed by atoms with Gasteiger partial charge in [0.15, 0.2) is 24.8 Å². The van der Waals surface area contributed by atoms with Crippen molar-refractivity contribution in [1.29, 1.82) is 0 Å². The summed E-state index contributed by atoms with van der Waals surface area (Å²) in [5.74, 6) is -5.80. The summed E-state index contributed by atoms with van der Waals surface area (Å²) < 4.78 is 53.4. The van der Waals surface area contributed by atoms with Crippen LogP contribution in [0.2, 0.25) is 0 Å². The van der Waals surface area contributed by atoms with Gasteiger partial charge in [0.25, 0.3) is 0 Å². The zero-order chi connectivity index (χ0) is 56.6. The first-order valence-electron chi connectivity index (χ1n) is 26.8. The fourth-order valence-electron chi connectivity index (χ4n) is 15.4. The number of hydrogen-bond acceptors (Lipinski definition) is 21. The third-order valence-corrected chi connectivity index (χ3v) is 20.2. The first kappa shape index (κ1) is 60.0. The molecule has 2 heterocycles. The Hall–Kier alpha value is -3.61. The van der Waals surface area contributed by atoms with Gasteiger partial charge in [-0.1, -0.05) is 66.2 Å². The molecule has 430 valence electrons. The van der Waals surface area contributed by atoms with Crippen LogP contribution in [-0.2, 0) is 66.6 Å². The van der Waals surface area contributed by atoms with E-state index in [1.807, 2.05) is 27.7 Å². The molecule has 0 spiro atoms. The highest BCUT2D eigenvalue weighted by Crippen LogP contribution is 2.76. The van der Waals surface area contributed by atoms with Crippen LogP contribution in [0.1, 0.15) is 121 Å². The van der Waals surface area contributed by atoms with E-state index in [1.54, 1.807) is 33.8 Å². The summed E-state index contributed by atoms with van der Waals surface area (Å²) in [6.45, 7) is 18.6. The molecule has 0 bridgehead atoms. The van der Waals surface area contributed by atoms with Crippen LogP contribution in [0, 0.1) is 56.2 Å². The minimum atomic E-state index is -1.92. The normalized spacial score (nSPS) is 46.2.